The second-order valence-electron chi connectivity index (χ2n) is 7.19. The van der Waals surface area contributed by atoms with E-state index in [2.05, 4.69) is 5.32 Å². The van der Waals surface area contributed by atoms with Crippen molar-refractivity contribution < 1.29 is 14.0 Å². The van der Waals surface area contributed by atoms with E-state index >= 15 is 0 Å². The van der Waals surface area contributed by atoms with Crippen LogP contribution in [-0.2, 0) is 4.79 Å². The van der Waals surface area contributed by atoms with Gasteiger partial charge in [-0.25, -0.2) is 4.39 Å². The zero-order chi connectivity index (χ0) is 20.3. The van der Waals surface area contributed by atoms with Crippen molar-refractivity contribution in [2.24, 2.45) is 0 Å². The lowest BCUT2D eigenvalue weighted by atomic mass is 9.99. The van der Waals surface area contributed by atoms with Crippen LogP contribution in [-0.4, -0.2) is 29.8 Å². The minimum absolute atomic E-state index is 0.00804. The molecule has 0 unspecified atom stereocenters. The molecular formula is C22H24ClFN2O2. The molecule has 6 heteroatoms. The highest BCUT2D eigenvalue weighted by atomic mass is 35.5. The molecule has 148 valence electrons. The van der Waals surface area contributed by atoms with Crippen LogP contribution in [0.5, 0.6) is 0 Å². The van der Waals surface area contributed by atoms with E-state index in [1.54, 1.807) is 17.0 Å². The molecule has 1 N–H and O–H groups in total. The highest BCUT2D eigenvalue weighted by molar-refractivity contribution is 6.30. The third-order valence-electron chi connectivity index (χ3n) is 5.10. The first-order valence-corrected chi connectivity index (χ1v) is 9.93. The molecule has 3 rings (SSSR count). The van der Waals surface area contributed by atoms with Crippen LogP contribution in [0.4, 0.5) is 4.39 Å². The quantitative estimate of drug-likeness (QED) is 0.682. The summed E-state index contributed by atoms with van der Waals surface area (Å²) >= 11 is 5.96. The van der Waals surface area contributed by atoms with Gasteiger partial charge in [0.15, 0.2) is 0 Å². The molecule has 2 atom stereocenters. The van der Waals surface area contributed by atoms with E-state index in [1.165, 1.54) is 18.2 Å². The number of hydrogen-bond donors (Lipinski definition) is 1. The van der Waals surface area contributed by atoms with E-state index in [4.69, 9.17) is 11.6 Å². The molecule has 0 bridgehead atoms. The van der Waals surface area contributed by atoms with Crippen LogP contribution in [0.2, 0.25) is 5.02 Å². The van der Waals surface area contributed by atoms with Gasteiger partial charge in [-0.1, -0.05) is 44.0 Å². The van der Waals surface area contributed by atoms with Gasteiger partial charge >= 0.3 is 0 Å². The lowest BCUT2D eigenvalue weighted by molar-refractivity contribution is -0.125. The number of carbonyl (C=O) groups excluding carboxylic acids is 2. The molecule has 0 aliphatic carbocycles. The molecule has 0 saturated heterocycles. The number of nitrogens with zero attached hydrogens (tertiary/aromatic N) is 1. The van der Waals surface area contributed by atoms with Crippen LogP contribution in [0.15, 0.2) is 42.5 Å². The highest BCUT2D eigenvalue weighted by Gasteiger charge is 2.41. The fourth-order valence-electron chi connectivity index (χ4n) is 3.54. The van der Waals surface area contributed by atoms with Crippen molar-refractivity contribution in [3.05, 3.63) is 70.0 Å². The molecule has 2 aromatic carbocycles. The molecule has 28 heavy (non-hydrogen) atoms. The summed E-state index contributed by atoms with van der Waals surface area (Å²) in [4.78, 5) is 27.4. The minimum atomic E-state index is -0.815. The fraction of sp³-hybridized carbons (Fsp3) is 0.364. The summed E-state index contributed by atoms with van der Waals surface area (Å²) in [6, 6.07) is 10.6. The van der Waals surface area contributed by atoms with Crippen LogP contribution >= 0.6 is 11.6 Å². The Balaban J connectivity index is 1.87. The molecule has 2 amide bonds. The molecule has 2 aromatic rings. The monoisotopic (exact) mass is 402 g/mol. The second kappa shape index (κ2) is 8.74. The third-order valence-corrected chi connectivity index (χ3v) is 5.35. The van der Waals surface area contributed by atoms with Gasteiger partial charge in [-0.2, -0.15) is 0 Å². The predicted octanol–water partition coefficient (Wildman–Crippen LogP) is 4.70. The van der Waals surface area contributed by atoms with Crippen molar-refractivity contribution in [2.75, 3.05) is 13.1 Å². The van der Waals surface area contributed by atoms with Crippen molar-refractivity contribution in [1.82, 2.24) is 10.2 Å². The molecule has 1 aliphatic heterocycles. The smallest absolute Gasteiger partial charge is 0.255 e. The topological polar surface area (TPSA) is 49.4 Å². The molecule has 1 heterocycles. The fourth-order valence-corrected chi connectivity index (χ4v) is 3.67. The Kier molecular flexibility index (Phi) is 6.35. The number of hydrogen-bond acceptors (Lipinski definition) is 2. The Hall–Kier alpha value is -2.40. The molecule has 0 aromatic heterocycles. The molecule has 4 nitrogen and oxygen atoms in total. The summed E-state index contributed by atoms with van der Waals surface area (Å²) < 4.78 is 13.9. The molecule has 0 radical (unpaired) electrons. The maximum absolute atomic E-state index is 13.9. The summed E-state index contributed by atoms with van der Waals surface area (Å²) in [6.07, 6.45) is 1.80. The van der Waals surface area contributed by atoms with Crippen LogP contribution in [0.3, 0.4) is 0 Å². The largest absolute Gasteiger partial charge is 0.354 e. The van der Waals surface area contributed by atoms with Crippen LogP contribution in [0.1, 0.15) is 60.1 Å². The molecule has 0 spiro atoms. The first-order chi connectivity index (χ1) is 13.4. The van der Waals surface area contributed by atoms with Gasteiger partial charge in [-0.3, -0.25) is 9.59 Å². The summed E-state index contributed by atoms with van der Waals surface area (Å²) in [5, 5.41) is 3.53. The molecule has 1 aliphatic rings. The highest BCUT2D eigenvalue weighted by Crippen LogP contribution is 2.36. The van der Waals surface area contributed by atoms with Gasteiger partial charge in [0.05, 0.1) is 0 Å². The van der Waals surface area contributed by atoms with E-state index in [1.807, 2.05) is 26.0 Å². The minimum Gasteiger partial charge on any atom is -0.354 e. The first-order valence-electron chi connectivity index (χ1n) is 9.56. The van der Waals surface area contributed by atoms with E-state index < -0.39 is 11.9 Å². The maximum Gasteiger partial charge on any atom is 0.255 e. The third kappa shape index (κ3) is 4.20. The summed E-state index contributed by atoms with van der Waals surface area (Å²) in [5.74, 6) is -0.974. The van der Waals surface area contributed by atoms with Crippen LogP contribution in [0.25, 0.3) is 0 Å². The molecule has 0 saturated carbocycles. The number of halogens is 2. The standard InChI is InChI=1S/C22H24ClFN2O2/c1-3-4-11-25-21(27)20-19-12-17(24)9-10-18(19)22(28)26(20)13-14(2)15-5-7-16(23)8-6-15/h5-10,12,14,20H,3-4,11,13H2,1-2H3,(H,25,27)/t14-,20-/m0/s1. The molecule has 0 fully saturated rings. The first kappa shape index (κ1) is 20.3. The number of unbranched alkanes of at least 4 members (excludes halogenated alkanes) is 1. The average molecular weight is 403 g/mol. The van der Waals surface area contributed by atoms with Gasteiger partial charge in [-0.15, -0.1) is 0 Å². The lowest BCUT2D eigenvalue weighted by Gasteiger charge is -2.27. The van der Waals surface area contributed by atoms with E-state index in [0.29, 0.717) is 29.2 Å². The Morgan fingerprint density at radius 2 is 1.96 bits per heavy atom. The van der Waals surface area contributed by atoms with Gasteiger partial charge in [0, 0.05) is 23.7 Å². The Labute approximate surface area is 169 Å². The number of amides is 2. The Morgan fingerprint density at radius 1 is 1.25 bits per heavy atom. The van der Waals surface area contributed by atoms with Gasteiger partial charge < -0.3 is 10.2 Å². The lowest BCUT2D eigenvalue weighted by Crippen LogP contribution is -2.41. The van der Waals surface area contributed by atoms with Crippen molar-refractivity contribution in [1.29, 1.82) is 0 Å². The normalized spacial score (nSPS) is 16.8. The van der Waals surface area contributed by atoms with E-state index in [-0.39, 0.29) is 17.7 Å². The summed E-state index contributed by atoms with van der Waals surface area (Å²) in [5.41, 5.74) is 1.84. The number of nitrogens with one attached hydrogen (secondary N) is 1. The summed E-state index contributed by atoms with van der Waals surface area (Å²) in [6.45, 7) is 4.91. The van der Waals surface area contributed by atoms with E-state index in [0.717, 1.165) is 18.4 Å². The predicted molar refractivity (Wildman–Crippen MR) is 108 cm³/mol. The van der Waals surface area contributed by atoms with Gasteiger partial charge in [0.2, 0.25) is 5.91 Å². The zero-order valence-corrected chi connectivity index (χ0v) is 16.8. The SMILES string of the molecule is CCCCNC(=O)[C@@H]1c2cc(F)ccc2C(=O)N1C[C@H](C)c1ccc(Cl)cc1. The zero-order valence-electron chi connectivity index (χ0n) is 16.0. The average Bonchev–Trinajstić information content (AvgIpc) is 2.93. The van der Waals surface area contributed by atoms with Crippen molar-refractivity contribution in [3.8, 4) is 0 Å². The number of carbonyl (C=O) groups is 2. The van der Waals surface area contributed by atoms with E-state index in [9.17, 15) is 14.0 Å². The number of benzene rings is 2. The maximum atomic E-state index is 13.9. The van der Waals surface area contributed by atoms with Gasteiger partial charge in [0.1, 0.15) is 11.9 Å². The van der Waals surface area contributed by atoms with Crippen molar-refractivity contribution in [2.45, 2.75) is 38.6 Å². The van der Waals surface area contributed by atoms with Crippen molar-refractivity contribution >= 4 is 23.4 Å². The summed E-state index contributed by atoms with van der Waals surface area (Å²) in [7, 11) is 0. The second-order valence-corrected chi connectivity index (χ2v) is 7.63. The van der Waals surface area contributed by atoms with Gasteiger partial charge in [0.25, 0.3) is 5.91 Å². The number of rotatable bonds is 7. The Bertz CT molecular complexity index is 869. The van der Waals surface area contributed by atoms with Crippen LogP contribution < -0.4 is 5.32 Å². The molecular weight excluding hydrogens is 379 g/mol. The van der Waals surface area contributed by atoms with Gasteiger partial charge in [-0.05, 0) is 53.8 Å². The number of fused-ring (bicyclic) bond motifs is 1. The van der Waals surface area contributed by atoms with Crippen LogP contribution in [0, 0.1) is 5.82 Å². The Morgan fingerprint density at radius 3 is 2.64 bits per heavy atom. The van der Waals surface area contributed by atoms with Crippen molar-refractivity contribution in [3.63, 3.8) is 0 Å².